The van der Waals surface area contributed by atoms with E-state index in [9.17, 15) is 0 Å². The molecule has 0 bridgehead atoms. The van der Waals surface area contributed by atoms with Gasteiger partial charge in [-0.25, -0.2) is 0 Å². The summed E-state index contributed by atoms with van der Waals surface area (Å²) in [5.74, 6) is 0. The minimum Gasteiger partial charge on any atom is -1.00 e. The summed E-state index contributed by atoms with van der Waals surface area (Å²) >= 11 is 14.3. The van der Waals surface area contributed by atoms with Gasteiger partial charge in [0, 0.05) is 39.0 Å². The Morgan fingerprint density at radius 3 is 0.870 bits per heavy atom. The van der Waals surface area contributed by atoms with Gasteiger partial charge in [-0.3, -0.25) is 0 Å². The van der Waals surface area contributed by atoms with Crippen molar-refractivity contribution in [3.63, 3.8) is 0 Å². The summed E-state index contributed by atoms with van der Waals surface area (Å²) < 4.78 is 2.34. The molecule has 0 radical (unpaired) electrons. The molecule has 0 saturated carbocycles. The molecule has 0 unspecified atom stereocenters. The maximum atomic E-state index is 4.76. The quantitative estimate of drug-likeness (QED) is 0.315. The maximum absolute atomic E-state index is 4.76. The molecule has 3 heterocycles. The van der Waals surface area contributed by atoms with Crippen molar-refractivity contribution < 1.29 is 37.4 Å². The molecule has 3 aromatic rings. The van der Waals surface area contributed by atoms with Crippen LogP contribution in [-0.4, -0.2) is 15.0 Å². The summed E-state index contributed by atoms with van der Waals surface area (Å²) in [7, 11) is 0. The summed E-state index contributed by atoms with van der Waals surface area (Å²) in [5, 5.41) is 0. The largest absolute Gasteiger partial charge is 1.00 e. The van der Waals surface area contributed by atoms with Crippen LogP contribution in [0.4, 0.5) is 0 Å². The summed E-state index contributed by atoms with van der Waals surface area (Å²) in [6.45, 7) is 0. The van der Waals surface area contributed by atoms with Gasteiger partial charge in [-0.05, 0) is 36.4 Å². The molecule has 126 valence electrons. The SMILES string of the molecule is S=c1cccc[nH]1.S=c1cccc[nH]1.S=c1cccc[nH]1.[Br-].[Pd]. The molecule has 0 aliphatic heterocycles. The number of rotatable bonds is 0. The number of nitrogens with one attached hydrogen (secondary N) is 3. The summed E-state index contributed by atoms with van der Waals surface area (Å²) in [5.41, 5.74) is 0. The number of halogens is 1. The molecule has 3 aromatic heterocycles. The third-order valence-electron chi connectivity index (χ3n) is 2.04. The van der Waals surface area contributed by atoms with Crippen molar-refractivity contribution in [1.29, 1.82) is 0 Å². The van der Waals surface area contributed by atoms with Gasteiger partial charge in [0.05, 0.1) is 0 Å². The van der Waals surface area contributed by atoms with Gasteiger partial charge < -0.3 is 31.9 Å². The van der Waals surface area contributed by atoms with Crippen molar-refractivity contribution in [1.82, 2.24) is 15.0 Å². The Kier molecular flexibility index (Phi) is 17.2. The molecule has 0 spiro atoms. The molecule has 3 N–H and O–H groups in total. The van der Waals surface area contributed by atoms with Gasteiger partial charge in [0.2, 0.25) is 0 Å². The third-order valence-corrected chi connectivity index (χ3v) is 2.80. The standard InChI is InChI=1S/3C5H5NS.BrH.Pd/c3*7-5-3-1-2-4-6-5;;/h3*1-4H,(H,6,7);1H;/p-1. The van der Waals surface area contributed by atoms with E-state index in [-0.39, 0.29) is 37.4 Å². The van der Waals surface area contributed by atoms with Crippen molar-refractivity contribution in [2.24, 2.45) is 0 Å². The van der Waals surface area contributed by atoms with E-state index in [1.807, 2.05) is 73.2 Å². The van der Waals surface area contributed by atoms with Crippen molar-refractivity contribution in [3.8, 4) is 0 Å². The molecular formula is C15H15BrN3PdS3-. The number of H-pyrrole nitrogens is 3. The van der Waals surface area contributed by atoms with Crippen LogP contribution in [0.2, 0.25) is 0 Å². The van der Waals surface area contributed by atoms with Crippen LogP contribution in [0.25, 0.3) is 0 Å². The molecule has 0 aliphatic carbocycles. The predicted molar refractivity (Wildman–Crippen MR) is 94.9 cm³/mol. The van der Waals surface area contributed by atoms with Crippen LogP contribution in [0.5, 0.6) is 0 Å². The molecule has 0 saturated heterocycles. The van der Waals surface area contributed by atoms with Gasteiger partial charge in [0.25, 0.3) is 0 Å². The van der Waals surface area contributed by atoms with Gasteiger partial charge in [-0.2, -0.15) is 0 Å². The first-order valence-corrected chi connectivity index (χ1v) is 7.32. The first-order chi connectivity index (χ1) is 10.2. The molecule has 3 rings (SSSR count). The van der Waals surface area contributed by atoms with E-state index in [2.05, 4.69) is 15.0 Å². The molecule has 0 amide bonds. The zero-order chi connectivity index (χ0) is 15.3. The smallest absolute Gasteiger partial charge is 0.103 e. The fourth-order valence-electron chi connectivity index (χ4n) is 1.13. The van der Waals surface area contributed by atoms with E-state index < -0.39 is 0 Å². The Labute approximate surface area is 175 Å². The zero-order valence-electron chi connectivity index (χ0n) is 11.8. The minimum atomic E-state index is 0. The van der Waals surface area contributed by atoms with Gasteiger partial charge in [0.15, 0.2) is 0 Å². The van der Waals surface area contributed by atoms with E-state index in [0.717, 1.165) is 13.9 Å². The van der Waals surface area contributed by atoms with Gasteiger partial charge in [0.1, 0.15) is 13.9 Å². The number of hydrogen-bond acceptors (Lipinski definition) is 3. The van der Waals surface area contributed by atoms with Crippen LogP contribution in [0.15, 0.2) is 73.2 Å². The summed E-state index contributed by atoms with van der Waals surface area (Å²) in [6.07, 6.45) is 5.42. The average molecular weight is 520 g/mol. The van der Waals surface area contributed by atoms with Crippen molar-refractivity contribution >= 4 is 36.7 Å². The summed E-state index contributed by atoms with van der Waals surface area (Å²) in [4.78, 5) is 8.54. The third kappa shape index (κ3) is 14.6. The minimum absolute atomic E-state index is 0. The zero-order valence-corrected chi connectivity index (χ0v) is 17.4. The van der Waals surface area contributed by atoms with Crippen molar-refractivity contribution in [3.05, 3.63) is 87.1 Å². The fourth-order valence-corrected chi connectivity index (χ4v) is 1.57. The number of aromatic amines is 3. The first-order valence-electron chi connectivity index (χ1n) is 6.09. The van der Waals surface area contributed by atoms with Crippen LogP contribution in [0, 0.1) is 13.9 Å². The van der Waals surface area contributed by atoms with Crippen LogP contribution in [-0.2, 0) is 20.4 Å². The van der Waals surface area contributed by atoms with E-state index in [1.165, 1.54) is 0 Å². The maximum Gasteiger partial charge on any atom is 0.103 e. The Morgan fingerprint density at radius 2 is 0.783 bits per heavy atom. The topological polar surface area (TPSA) is 47.4 Å². The Hall–Kier alpha value is -0.748. The normalized spacial score (nSPS) is 7.83. The molecule has 0 fully saturated rings. The molecule has 0 atom stereocenters. The van der Waals surface area contributed by atoms with E-state index >= 15 is 0 Å². The van der Waals surface area contributed by atoms with Crippen molar-refractivity contribution in [2.75, 3.05) is 0 Å². The van der Waals surface area contributed by atoms with Crippen LogP contribution in [0.3, 0.4) is 0 Å². The molecular weight excluding hydrogens is 505 g/mol. The van der Waals surface area contributed by atoms with E-state index in [0.29, 0.717) is 0 Å². The summed E-state index contributed by atoms with van der Waals surface area (Å²) in [6, 6.07) is 16.9. The van der Waals surface area contributed by atoms with Gasteiger partial charge in [-0.1, -0.05) is 54.9 Å². The number of pyridine rings is 3. The van der Waals surface area contributed by atoms with E-state index in [1.54, 1.807) is 0 Å². The Bertz CT molecular complexity index is 641. The molecule has 0 aliphatic rings. The fraction of sp³-hybridized carbons (Fsp3) is 0. The first kappa shape index (κ1) is 24.5. The second kappa shape index (κ2) is 16.1. The Balaban J connectivity index is 0. The van der Waals surface area contributed by atoms with Crippen LogP contribution < -0.4 is 17.0 Å². The van der Waals surface area contributed by atoms with Crippen LogP contribution in [0.1, 0.15) is 0 Å². The van der Waals surface area contributed by atoms with Crippen molar-refractivity contribution in [2.45, 2.75) is 0 Å². The number of aromatic nitrogens is 3. The molecule has 3 nitrogen and oxygen atoms in total. The second-order valence-electron chi connectivity index (χ2n) is 3.68. The van der Waals surface area contributed by atoms with Crippen LogP contribution >= 0.6 is 36.7 Å². The van der Waals surface area contributed by atoms with Gasteiger partial charge in [-0.15, -0.1) is 0 Å². The Morgan fingerprint density at radius 1 is 0.522 bits per heavy atom. The molecule has 8 heteroatoms. The molecule has 0 aromatic carbocycles. The second-order valence-corrected chi connectivity index (χ2v) is 5.00. The average Bonchev–Trinajstić information content (AvgIpc) is 2.51. The predicted octanol–water partition coefficient (Wildman–Crippen LogP) is 2.23. The number of hydrogen-bond donors (Lipinski definition) is 3. The van der Waals surface area contributed by atoms with Gasteiger partial charge >= 0.3 is 0 Å². The molecule has 23 heavy (non-hydrogen) atoms. The van der Waals surface area contributed by atoms with E-state index in [4.69, 9.17) is 36.7 Å². The monoisotopic (exact) mass is 518 g/mol.